The maximum Gasteiger partial charge on any atom is 0.128 e. The molecule has 1 heterocycles. The van der Waals surface area contributed by atoms with Gasteiger partial charge in [-0.2, -0.15) is 5.10 Å². The van der Waals surface area contributed by atoms with Gasteiger partial charge in [-0.25, -0.2) is 4.39 Å². The highest BCUT2D eigenvalue weighted by Crippen LogP contribution is 2.22. The van der Waals surface area contributed by atoms with Gasteiger partial charge in [-0.15, -0.1) is 11.6 Å². The van der Waals surface area contributed by atoms with E-state index in [-0.39, 0.29) is 5.82 Å². The number of nitrogens with zero attached hydrogens (tertiary/aromatic N) is 2. The highest BCUT2D eigenvalue weighted by Gasteiger charge is 2.15. The molecule has 0 saturated heterocycles. The summed E-state index contributed by atoms with van der Waals surface area (Å²) in [4.78, 5) is 0. The zero-order valence-electron chi connectivity index (χ0n) is 11.6. The molecule has 108 valence electrons. The third-order valence-corrected chi connectivity index (χ3v) is 4.14. The van der Waals surface area contributed by atoms with E-state index in [1.165, 1.54) is 6.07 Å². The summed E-state index contributed by atoms with van der Waals surface area (Å²) in [7, 11) is 0. The molecule has 0 N–H and O–H groups in total. The SMILES string of the molecule is CCc1nn(Cc2cc(Br)ccc2F)c(CC)c1CCl. The summed E-state index contributed by atoms with van der Waals surface area (Å²) in [6, 6.07) is 4.96. The summed E-state index contributed by atoms with van der Waals surface area (Å²) in [6.07, 6.45) is 1.67. The second kappa shape index (κ2) is 6.72. The van der Waals surface area contributed by atoms with Crippen LogP contribution in [0.1, 0.15) is 36.4 Å². The Kier molecular flexibility index (Phi) is 5.22. The minimum absolute atomic E-state index is 0.212. The summed E-state index contributed by atoms with van der Waals surface area (Å²) < 4.78 is 16.6. The zero-order valence-corrected chi connectivity index (χ0v) is 13.9. The highest BCUT2D eigenvalue weighted by atomic mass is 79.9. The van der Waals surface area contributed by atoms with Crippen LogP contribution < -0.4 is 0 Å². The van der Waals surface area contributed by atoms with Gasteiger partial charge in [-0.05, 0) is 31.0 Å². The number of aromatic nitrogens is 2. The van der Waals surface area contributed by atoms with Crippen molar-refractivity contribution in [2.24, 2.45) is 0 Å². The second-order valence-corrected chi connectivity index (χ2v) is 5.79. The van der Waals surface area contributed by atoms with Gasteiger partial charge in [0, 0.05) is 21.3 Å². The summed E-state index contributed by atoms with van der Waals surface area (Å²) in [5.74, 6) is 0.240. The molecule has 0 unspecified atom stereocenters. The van der Waals surface area contributed by atoms with Crippen molar-refractivity contribution in [1.29, 1.82) is 0 Å². The molecular formula is C15H17BrClFN2. The zero-order chi connectivity index (χ0) is 14.7. The van der Waals surface area contributed by atoms with E-state index < -0.39 is 0 Å². The van der Waals surface area contributed by atoms with Gasteiger partial charge >= 0.3 is 0 Å². The van der Waals surface area contributed by atoms with E-state index in [2.05, 4.69) is 34.9 Å². The van der Waals surface area contributed by atoms with Crippen molar-refractivity contribution >= 4 is 27.5 Å². The maximum absolute atomic E-state index is 13.9. The Morgan fingerprint density at radius 3 is 2.65 bits per heavy atom. The normalized spacial score (nSPS) is 11.1. The highest BCUT2D eigenvalue weighted by molar-refractivity contribution is 9.10. The van der Waals surface area contributed by atoms with Gasteiger partial charge in [0.05, 0.1) is 18.1 Å². The average molecular weight is 360 g/mol. The Bertz CT molecular complexity index is 610. The first-order valence-electron chi connectivity index (χ1n) is 6.68. The van der Waals surface area contributed by atoms with Crippen LogP contribution in [0.15, 0.2) is 22.7 Å². The van der Waals surface area contributed by atoms with Gasteiger partial charge in [0.2, 0.25) is 0 Å². The third-order valence-electron chi connectivity index (χ3n) is 3.38. The van der Waals surface area contributed by atoms with Crippen LogP contribution in [0.5, 0.6) is 0 Å². The topological polar surface area (TPSA) is 17.8 Å². The van der Waals surface area contributed by atoms with Crippen molar-refractivity contribution < 1.29 is 4.39 Å². The molecule has 0 aliphatic rings. The molecule has 0 atom stereocenters. The molecule has 0 aliphatic heterocycles. The van der Waals surface area contributed by atoms with E-state index in [0.717, 1.165) is 34.3 Å². The Labute approximate surface area is 132 Å². The lowest BCUT2D eigenvalue weighted by molar-refractivity contribution is 0.573. The summed E-state index contributed by atoms with van der Waals surface area (Å²) in [6.45, 7) is 4.56. The minimum Gasteiger partial charge on any atom is -0.264 e. The number of rotatable bonds is 5. The van der Waals surface area contributed by atoms with Gasteiger partial charge < -0.3 is 0 Å². The molecule has 2 nitrogen and oxygen atoms in total. The molecule has 0 aliphatic carbocycles. The molecule has 2 aromatic rings. The monoisotopic (exact) mass is 358 g/mol. The molecule has 0 fully saturated rings. The maximum atomic E-state index is 13.9. The molecule has 5 heteroatoms. The van der Waals surface area contributed by atoms with Crippen molar-refractivity contribution in [3.63, 3.8) is 0 Å². The van der Waals surface area contributed by atoms with E-state index in [1.54, 1.807) is 12.1 Å². The molecule has 0 bridgehead atoms. The van der Waals surface area contributed by atoms with Gasteiger partial charge in [-0.3, -0.25) is 4.68 Å². The van der Waals surface area contributed by atoms with Crippen LogP contribution in [0.25, 0.3) is 0 Å². The molecule has 0 spiro atoms. The van der Waals surface area contributed by atoms with Gasteiger partial charge in [0.1, 0.15) is 5.82 Å². The third kappa shape index (κ3) is 3.07. The Hall–Kier alpha value is -0.870. The van der Waals surface area contributed by atoms with Gasteiger partial charge in [0.15, 0.2) is 0 Å². The van der Waals surface area contributed by atoms with E-state index in [9.17, 15) is 4.39 Å². The standard InChI is InChI=1S/C15H17BrClFN2/c1-3-14-12(8-17)15(4-2)20(19-14)9-10-7-11(16)5-6-13(10)18/h5-7H,3-4,8-9H2,1-2H3. The smallest absolute Gasteiger partial charge is 0.128 e. The lowest BCUT2D eigenvalue weighted by Gasteiger charge is -2.08. The van der Waals surface area contributed by atoms with Crippen LogP contribution in [-0.4, -0.2) is 9.78 Å². The number of hydrogen-bond donors (Lipinski definition) is 0. The molecule has 0 amide bonds. The van der Waals surface area contributed by atoms with Gasteiger partial charge in [-0.1, -0.05) is 29.8 Å². The van der Waals surface area contributed by atoms with Crippen LogP contribution in [0.2, 0.25) is 0 Å². The van der Waals surface area contributed by atoms with Crippen molar-refractivity contribution in [2.45, 2.75) is 39.1 Å². The number of halogens is 3. The molecule has 1 aromatic heterocycles. The summed E-state index contributed by atoms with van der Waals surface area (Å²) in [5, 5.41) is 4.59. The number of alkyl halides is 1. The van der Waals surface area contributed by atoms with E-state index in [0.29, 0.717) is 18.0 Å². The molecule has 0 saturated carbocycles. The fourth-order valence-corrected chi connectivity index (χ4v) is 3.10. The first kappa shape index (κ1) is 15.5. The fraction of sp³-hybridized carbons (Fsp3) is 0.400. The quantitative estimate of drug-likeness (QED) is 0.708. The molecule has 20 heavy (non-hydrogen) atoms. The first-order chi connectivity index (χ1) is 9.60. The number of hydrogen-bond acceptors (Lipinski definition) is 1. The molecule has 2 rings (SSSR count). The van der Waals surface area contributed by atoms with Crippen LogP contribution in [0.4, 0.5) is 4.39 Å². The number of aryl methyl sites for hydroxylation is 1. The number of benzene rings is 1. The summed E-state index contributed by atoms with van der Waals surface area (Å²) in [5.41, 5.74) is 3.82. The van der Waals surface area contributed by atoms with Crippen molar-refractivity contribution in [3.05, 3.63) is 51.0 Å². The molecular weight excluding hydrogens is 343 g/mol. The molecule has 0 radical (unpaired) electrons. The lowest BCUT2D eigenvalue weighted by atomic mass is 10.1. The van der Waals surface area contributed by atoms with Crippen molar-refractivity contribution in [2.75, 3.05) is 0 Å². The summed E-state index contributed by atoms with van der Waals surface area (Å²) >= 11 is 9.41. The second-order valence-electron chi connectivity index (χ2n) is 4.61. The van der Waals surface area contributed by atoms with Crippen LogP contribution in [0.3, 0.4) is 0 Å². The minimum atomic E-state index is -0.212. The Morgan fingerprint density at radius 1 is 1.30 bits per heavy atom. The molecule has 1 aromatic carbocycles. The fourth-order valence-electron chi connectivity index (χ4n) is 2.38. The average Bonchev–Trinajstić information content (AvgIpc) is 2.79. The first-order valence-corrected chi connectivity index (χ1v) is 8.00. The predicted molar refractivity (Wildman–Crippen MR) is 83.7 cm³/mol. The Morgan fingerprint density at radius 2 is 2.05 bits per heavy atom. The van der Waals surface area contributed by atoms with Gasteiger partial charge in [0.25, 0.3) is 0 Å². The lowest BCUT2D eigenvalue weighted by Crippen LogP contribution is -2.08. The largest absolute Gasteiger partial charge is 0.264 e. The van der Waals surface area contributed by atoms with Crippen LogP contribution in [0, 0.1) is 5.82 Å². The van der Waals surface area contributed by atoms with E-state index in [1.807, 2.05) is 4.68 Å². The van der Waals surface area contributed by atoms with Crippen LogP contribution >= 0.6 is 27.5 Å². The predicted octanol–water partition coefficient (Wildman–Crippen LogP) is 4.70. The van der Waals surface area contributed by atoms with Crippen LogP contribution in [-0.2, 0) is 25.3 Å². The van der Waals surface area contributed by atoms with E-state index >= 15 is 0 Å². The van der Waals surface area contributed by atoms with E-state index in [4.69, 9.17) is 11.6 Å². The Balaban J connectivity index is 2.42. The van der Waals surface area contributed by atoms with Crippen molar-refractivity contribution in [1.82, 2.24) is 9.78 Å². The van der Waals surface area contributed by atoms with Crippen molar-refractivity contribution in [3.8, 4) is 0 Å².